The highest BCUT2D eigenvalue weighted by Crippen LogP contribution is 2.34. The molecule has 0 saturated carbocycles. The van der Waals surface area contributed by atoms with Gasteiger partial charge in [-0.15, -0.1) is 0 Å². The van der Waals surface area contributed by atoms with Gasteiger partial charge in [-0.05, 0) is 64.0 Å². The second-order valence-corrected chi connectivity index (χ2v) is 6.38. The van der Waals surface area contributed by atoms with Crippen molar-refractivity contribution >= 4 is 38.5 Å². The second kappa shape index (κ2) is 6.21. The van der Waals surface area contributed by atoms with Gasteiger partial charge in [0.05, 0.1) is 5.56 Å². The van der Waals surface area contributed by atoms with Gasteiger partial charge in [-0.3, -0.25) is 0 Å². The van der Waals surface area contributed by atoms with Crippen LogP contribution in [-0.4, -0.2) is 5.11 Å². The largest absolute Gasteiger partial charge is 0.419 e. The van der Waals surface area contributed by atoms with E-state index in [0.717, 1.165) is 9.64 Å². The maximum Gasteiger partial charge on any atom is 0.419 e. The van der Waals surface area contributed by atoms with Crippen LogP contribution in [-0.2, 0) is 6.18 Å². The molecule has 7 heteroatoms. The summed E-state index contributed by atoms with van der Waals surface area (Å²) < 4.78 is 52.5. The molecule has 0 aliphatic rings. The molecule has 0 fully saturated rings. The van der Waals surface area contributed by atoms with Crippen molar-refractivity contribution in [3.63, 3.8) is 0 Å². The van der Waals surface area contributed by atoms with E-state index in [1.807, 2.05) is 22.6 Å². The van der Waals surface area contributed by atoms with E-state index in [1.54, 1.807) is 18.2 Å². The summed E-state index contributed by atoms with van der Waals surface area (Å²) in [6.45, 7) is 0. The van der Waals surface area contributed by atoms with E-state index in [1.165, 1.54) is 0 Å². The fourth-order valence-electron chi connectivity index (χ4n) is 1.84. The molecule has 1 atom stereocenters. The van der Waals surface area contributed by atoms with Crippen molar-refractivity contribution in [1.29, 1.82) is 0 Å². The monoisotopic (exact) mass is 474 g/mol. The van der Waals surface area contributed by atoms with Gasteiger partial charge in [0.1, 0.15) is 11.9 Å². The maximum atomic E-state index is 13.6. The number of benzene rings is 2. The average Bonchev–Trinajstić information content (AvgIpc) is 2.39. The number of alkyl halides is 3. The fourth-order valence-corrected chi connectivity index (χ4v) is 2.84. The Bertz CT molecular complexity index is 673. The van der Waals surface area contributed by atoms with Gasteiger partial charge >= 0.3 is 6.18 Å². The van der Waals surface area contributed by atoms with Crippen molar-refractivity contribution in [1.82, 2.24) is 0 Å². The molecule has 112 valence electrons. The lowest BCUT2D eigenvalue weighted by atomic mass is 10.00. The first kappa shape index (κ1) is 16.7. The van der Waals surface area contributed by atoms with Gasteiger partial charge in [-0.25, -0.2) is 4.39 Å². The van der Waals surface area contributed by atoms with Gasteiger partial charge in [-0.2, -0.15) is 13.2 Å². The molecule has 2 aromatic rings. The third-order valence-corrected chi connectivity index (χ3v) is 4.34. The highest BCUT2D eigenvalue weighted by atomic mass is 127. The van der Waals surface area contributed by atoms with Crippen LogP contribution < -0.4 is 0 Å². The predicted octanol–water partition coefficient (Wildman–Crippen LogP) is 5.29. The summed E-state index contributed by atoms with van der Waals surface area (Å²) in [6.07, 6.45) is -5.95. The summed E-state index contributed by atoms with van der Waals surface area (Å²) in [4.78, 5) is 0. The molecule has 0 saturated heterocycles. The van der Waals surface area contributed by atoms with Crippen LogP contribution in [0.2, 0.25) is 0 Å². The molecule has 0 aliphatic heterocycles. The summed E-state index contributed by atoms with van der Waals surface area (Å²) in [6, 6.07) is 7.58. The molecule has 0 radical (unpaired) electrons. The molecule has 1 unspecified atom stereocenters. The lowest BCUT2D eigenvalue weighted by Gasteiger charge is -2.15. The molecule has 0 aromatic heterocycles. The third-order valence-electron chi connectivity index (χ3n) is 2.87. The Morgan fingerprint density at radius 3 is 2.33 bits per heavy atom. The zero-order valence-corrected chi connectivity index (χ0v) is 14.0. The molecule has 2 aromatic carbocycles. The van der Waals surface area contributed by atoms with Gasteiger partial charge in [0.15, 0.2) is 0 Å². The average molecular weight is 475 g/mol. The molecule has 0 amide bonds. The van der Waals surface area contributed by atoms with Crippen molar-refractivity contribution in [2.24, 2.45) is 0 Å². The number of hydrogen-bond donors (Lipinski definition) is 1. The minimum Gasteiger partial charge on any atom is -0.384 e. The minimum atomic E-state index is -4.75. The first-order valence-electron chi connectivity index (χ1n) is 5.70. The highest BCUT2D eigenvalue weighted by Gasteiger charge is 2.34. The minimum absolute atomic E-state index is 0.0662. The second-order valence-electron chi connectivity index (χ2n) is 4.31. The molecular formula is C14H8BrF4IO. The predicted molar refractivity (Wildman–Crippen MR) is 82.3 cm³/mol. The lowest BCUT2D eigenvalue weighted by molar-refractivity contribution is -0.140. The molecule has 0 heterocycles. The Balaban J connectivity index is 2.43. The van der Waals surface area contributed by atoms with E-state index < -0.39 is 23.7 Å². The Labute approximate surface area is 140 Å². The van der Waals surface area contributed by atoms with Crippen LogP contribution in [0.15, 0.2) is 40.9 Å². The van der Waals surface area contributed by atoms with Gasteiger partial charge in [0.25, 0.3) is 0 Å². The van der Waals surface area contributed by atoms with Crippen LogP contribution in [0.1, 0.15) is 22.8 Å². The first-order chi connectivity index (χ1) is 9.70. The zero-order valence-electron chi connectivity index (χ0n) is 10.3. The smallest absolute Gasteiger partial charge is 0.384 e. The SMILES string of the molecule is OC(c1ccc(C(F)(F)F)c(F)c1)c1cc(Br)ccc1I. The number of aliphatic hydroxyl groups is 1. The van der Waals surface area contributed by atoms with Gasteiger partial charge in [0.2, 0.25) is 0 Å². The number of halogens is 6. The van der Waals surface area contributed by atoms with E-state index in [0.29, 0.717) is 22.2 Å². The van der Waals surface area contributed by atoms with Crippen molar-refractivity contribution in [2.75, 3.05) is 0 Å². The Kier molecular flexibility index (Phi) is 4.94. The van der Waals surface area contributed by atoms with Crippen LogP contribution in [0.5, 0.6) is 0 Å². The Morgan fingerprint density at radius 1 is 1.10 bits per heavy atom. The van der Waals surface area contributed by atoms with Crippen LogP contribution in [0.4, 0.5) is 17.6 Å². The summed E-state index contributed by atoms with van der Waals surface area (Å²) in [5.41, 5.74) is -0.789. The van der Waals surface area contributed by atoms with E-state index in [4.69, 9.17) is 0 Å². The van der Waals surface area contributed by atoms with Crippen molar-refractivity contribution in [3.05, 3.63) is 66.9 Å². The highest BCUT2D eigenvalue weighted by molar-refractivity contribution is 14.1. The van der Waals surface area contributed by atoms with Crippen LogP contribution in [0.25, 0.3) is 0 Å². The standard InChI is InChI=1S/C14H8BrF4IO/c15-8-2-4-12(20)9(6-8)13(21)7-1-3-10(11(16)5-7)14(17,18)19/h1-6,13,21H. The lowest BCUT2D eigenvalue weighted by Crippen LogP contribution is -2.10. The molecule has 0 aliphatic carbocycles. The van der Waals surface area contributed by atoms with Crippen LogP contribution in [0, 0.1) is 9.39 Å². The summed E-state index contributed by atoms with van der Waals surface area (Å²) in [5, 5.41) is 10.2. The molecule has 2 rings (SSSR count). The summed E-state index contributed by atoms with van der Waals surface area (Å²) >= 11 is 5.24. The molecule has 0 spiro atoms. The van der Waals surface area contributed by atoms with Gasteiger partial charge < -0.3 is 5.11 Å². The fraction of sp³-hybridized carbons (Fsp3) is 0.143. The number of rotatable bonds is 2. The molecule has 1 N–H and O–H groups in total. The molecule has 1 nitrogen and oxygen atoms in total. The van der Waals surface area contributed by atoms with Crippen molar-refractivity contribution in [2.45, 2.75) is 12.3 Å². The zero-order chi connectivity index (χ0) is 15.8. The Morgan fingerprint density at radius 2 is 1.76 bits per heavy atom. The quantitative estimate of drug-likeness (QED) is 0.463. The summed E-state index contributed by atoms with van der Waals surface area (Å²) in [5.74, 6) is -1.40. The molecule has 0 bridgehead atoms. The molecule has 21 heavy (non-hydrogen) atoms. The summed E-state index contributed by atoms with van der Waals surface area (Å²) in [7, 11) is 0. The van der Waals surface area contributed by atoms with E-state index in [9.17, 15) is 22.7 Å². The van der Waals surface area contributed by atoms with Crippen molar-refractivity contribution < 1.29 is 22.7 Å². The number of aliphatic hydroxyl groups excluding tert-OH is 1. The third kappa shape index (κ3) is 3.75. The number of hydrogen-bond acceptors (Lipinski definition) is 1. The first-order valence-corrected chi connectivity index (χ1v) is 7.57. The van der Waals surface area contributed by atoms with Gasteiger partial charge in [0, 0.05) is 8.04 Å². The maximum absolute atomic E-state index is 13.6. The Hall–Kier alpha value is -0.670. The van der Waals surface area contributed by atoms with Gasteiger partial charge in [-0.1, -0.05) is 22.0 Å². The van der Waals surface area contributed by atoms with E-state index in [2.05, 4.69) is 15.9 Å². The van der Waals surface area contributed by atoms with E-state index >= 15 is 0 Å². The normalized spacial score (nSPS) is 13.3. The van der Waals surface area contributed by atoms with Crippen molar-refractivity contribution in [3.8, 4) is 0 Å². The topological polar surface area (TPSA) is 20.2 Å². The van der Waals surface area contributed by atoms with Crippen LogP contribution >= 0.6 is 38.5 Å². The molecular weight excluding hydrogens is 467 g/mol. The van der Waals surface area contributed by atoms with E-state index in [-0.39, 0.29) is 5.56 Å². The van der Waals surface area contributed by atoms with Crippen LogP contribution in [0.3, 0.4) is 0 Å².